The lowest BCUT2D eigenvalue weighted by Crippen LogP contribution is -2.17. The van der Waals surface area contributed by atoms with E-state index in [2.05, 4.69) is 11.1 Å². The van der Waals surface area contributed by atoms with E-state index in [1.165, 1.54) is 12.1 Å². The second-order valence-electron chi connectivity index (χ2n) is 4.70. The fourth-order valence-corrected chi connectivity index (χ4v) is 2.65. The predicted molar refractivity (Wildman–Crippen MR) is 76.9 cm³/mol. The van der Waals surface area contributed by atoms with E-state index in [0.717, 1.165) is 27.5 Å². The van der Waals surface area contributed by atoms with Crippen molar-refractivity contribution >= 4 is 11.8 Å². The molecule has 2 nitrogen and oxygen atoms in total. The Kier molecular flexibility index (Phi) is 4.56. The van der Waals surface area contributed by atoms with Crippen molar-refractivity contribution in [1.82, 2.24) is 4.98 Å². The van der Waals surface area contributed by atoms with Crippen LogP contribution in [0.3, 0.4) is 0 Å². The topological polar surface area (TPSA) is 38.9 Å². The van der Waals surface area contributed by atoms with Crippen LogP contribution in [0.1, 0.15) is 18.1 Å². The van der Waals surface area contributed by atoms with Crippen molar-refractivity contribution in [2.75, 3.05) is 0 Å². The van der Waals surface area contributed by atoms with Gasteiger partial charge >= 0.3 is 0 Å². The maximum absolute atomic E-state index is 12.8. The molecule has 0 radical (unpaired) electrons. The molecule has 0 saturated heterocycles. The summed E-state index contributed by atoms with van der Waals surface area (Å²) in [6, 6.07) is 8.69. The Morgan fingerprint density at radius 2 is 2.00 bits per heavy atom. The van der Waals surface area contributed by atoms with Crippen molar-refractivity contribution in [2.45, 2.75) is 36.2 Å². The Labute approximate surface area is 117 Å². The van der Waals surface area contributed by atoms with Crippen molar-refractivity contribution in [3.63, 3.8) is 0 Å². The highest BCUT2D eigenvalue weighted by molar-refractivity contribution is 7.99. The second kappa shape index (κ2) is 6.17. The van der Waals surface area contributed by atoms with Crippen molar-refractivity contribution < 1.29 is 4.39 Å². The average molecular weight is 276 g/mol. The first kappa shape index (κ1) is 14.0. The molecule has 0 bridgehead atoms. The van der Waals surface area contributed by atoms with Gasteiger partial charge in [0.2, 0.25) is 0 Å². The van der Waals surface area contributed by atoms with E-state index in [1.807, 2.05) is 20.0 Å². The molecule has 2 aromatic rings. The monoisotopic (exact) mass is 276 g/mol. The van der Waals surface area contributed by atoms with E-state index >= 15 is 0 Å². The molecule has 4 heteroatoms. The first-order chi connectivity index (χ1) is 9.04. The van der Waals surface area contributed by atoms with Crippen LogP contribution in [0.15, 0.2) is 46.5 Å². The molecule has 0 aliphatic carbocycles. The number of pyridine rings is 1. The van der Waals surface area contributed by atoms with Crippen molar-refractivity contribution in [1.29, 1.82) is 0 Å². The van der Waals surface area contributed by atoms with Crippen LogP contribution in [-0.2, 0) is 6.42 Å². The summed E-state index contributed by atoms with van der Waals surface area (Å²) in [5.41, 5.74) is 8.05. The van der Waals surface area contributed by atoms with Gasteiger partial charge in [-0.1, -0.05) is 17.8 Å². The number of nitrogens with two attached hydrogens (primary N) is 1. The van der Waals surface area contributed by atoms with E-state index in [9.17, 15) is 4.39 Å². The number of aryl methyl sites for hydroxylation is 1. The Bertz CT molecular complexity index is 553. The second-order valence-corrected chi connectivity index (χ2v) is 5.77. The maximum atomic E-state index is 12.8. The quantitative estimate of drug-likeness (QED) is 0.928. The van der Waals surface area contributed by atoms with Crippen LogP contribution in [-0.4, -0.2) is 11.0 Å². The van der Waals surface area contributed by atoms with Crippen LogP contribution < -0.4 is 5.73 Å². The summed E-state index contributed by atoms with van der Waals surface area (Å²) in [7, 11) is 0. The van der Waals surface area contributed by atoms with Gasteiger partial charge in [0.1, 0.15) is 10.8 Å². The summed E-state index contributed by atoms with van der Waals surface area (Å²) in [5.74, 6) is -0.221. The lowest BCUT2D eigenvalue weighted by molar-refractivity contribution is 0.626. The third kappa shape index (κ3) is 4.04. The van der Waals surface area contributed by atoms with Crippen LogP contribution in [0, 0.1) is 12.7 Å². The average Bonchev–Trinajstić information content (AvgIpc) is 2.34. The van der Waals surface area contributed by atoms with Crippen LogP contribution in [0.5, 0.6) is 0 Å². The molecule has 1 aromatic heterocycles. The molecule has 0 amide bonds. The molecular formula is C15H17FN2S. The highest BCUT2D eigenvalue weighted by Gasteiger charge is 2.06. The van der Waals surface area contributed by atoms with Crippen molar-refractivity contribution in [3.8, 4) is 0 Å². The highest BCUT2D eigenvalue weighted by Crippen LogP contribution is 2.28. The minimum absolute atomic E-state index is 0.136. The van der Waals surface area contributed by atoms with Crippen molar-refractivity contribution in [2.24, 2.45) is 5.73 Å². The van der Waals surface area contributed by atoms with Gasteiger partial charge < -0.3 is 5.73 Å². The zero-order valence-electron chi connectivity index (χ0n) is 11.1. The molecule has 19 heavy (non-hydrogen) atoms. The summed E-state index contributed by atoms with van der Waals surface area (Å²) in [6.45, 7) is 4.01. The smallest absolute Gasteiger partial charge is 0.123 e. The largest absolute Gasteiger partial charge is 0.328 e. The number of rotatable bonds is 4. The van der Waals surface area contributed by atoms with Gasteiger partial charge in [-0.2, -0.15) is 0 Å². The third-order valence-corrected chi connectivity index (χ3v) is 3.80. The van der Waals surface area contributed by atoms with Crippen molar-refractivity contribution in [3.05, 3.63) is 53.5 Å². The van der Waals surface area contributed by atoms with E-state index < -0.39 is 0 Å². The van der Waals surface area contributed by atoms with Crippen LogP contribution in [0.4, 0.5) is 4.39 Å². The van der Waals surface area contributed by atoms with Gasteiger partial charge in [0.25, 0.3) is 0 Å². The third-order valence-electron chi connectivity index (χ3n) is 2.67. The SMILES string of the molecule is Cc1cc(CC(C)N)cnc1Sc1ccc(F)cc1. The minimum atomic E-state index is -0.221. The molecule has 0 aliphatic heterocycles. The minimum Gasteiger partial charge on any atom is -0.328 e. The molecule has 0 saturated carbocycles. The molecule has 0 fully saturated rings. The lowest BCUT2D eigenvalue weighted by atomic mass is 10.1. The molecule has 1 atom stereocenters. The first-order valence-corrected chi connectivity index (χ1v) is 7.01. The summed E-state index contributed by atoms with van der Waals surface area (Å²) < 4.78 is 12.8. The molecule has 2 N–H and O–H groups in total. The molecular weight excluding hydrogens is 259 g/mol. The molecule has 1 unspecified atom stereocenters. The van der Waals surface area contributed by atoms with Crippen LogP contribution in [0.25, 0.3) is 0 Å². The number of aromatic nitrogens is 1. The number of hydrogen-bond donors (Lipinski definition) is 1. The lowest BCUT2D eigenvalue weighted by Gasteiger charge is -2.09. The van der Waals surface area contributed by atoms with E-state index in [-0.39, 0.29) is 11.9 Å². The fraction of sp³-hybridized carbons (Fsp3) is 0.267. The van der Waals surface area contributed by atoms with Gasteiger partial charge in [-0.25, -0.2) is 9.37 Å². The number of hydrogen-bond acceptors (Lipinski definition) is 3. The normalized spacial score (nSPS) is 12.4. The van der Waals surface area contributed by atoms with E-state index in [0.29, 0.717) is 0 Å². The highest BCUT2D eigenvalue weighted by atomic mass is 32.2. The van der Waals surface area contributed by atoms with Crippen LogP contribution >= 0.6 is 11.8 Å². The van der Waals surface area contributed by atoms with Gasteiger partial charge in [0.15, 0.2) is 0 Å². The van der Waals surface area contributed by atoms with E-state index in [1.54, 1.807) is 23.9 Å². The Balaban J connectivity index is 2.15. The molecule has 1 aromatic carbocycles. The predicted octanol–water partition coefficient (Wildman–Crippen LogP) is 3.57. The van der Waals surface area contributed by atoms with Crippen LogP contribution in [0.2, 0.25) is 0 Å². The van der Waals surface area contributed by atoms with Gasteiger partial charge in [-0.3, -0.25) is 0 Å². The molecule has 1 heterocycles. The Hall–Kier alpha value is -1.39. The van der Waals surface area contributed by atoms with Gasteiger partial charge in [-0.15, -0.1) is 0 Å². The zero-order valence-corrected chi connectivity index (χ0v) is 11.9. The maximum Gasteiger partial charge on any atom is 0.123 e. The number of benzene rings is 1. The van der Waals surface area contributed by atoms with Gasteiger partial charge in [0, 0.05) is 17.1 Å². The Morgan fingerprint density at radius 3 is 2.58 bits per heavy atom. The number of halogens is 1. The van der Waals surface area contributed by atoms with Gasteiger partial charge in [-0.05, 0) is 55.7 Å². The Morgan fingerprint density at radius 1 is 1.32 bits per heavy atom. The number of nitrogens with zero attached hydrogens (tertiary/aromatic N) is 1. The fourth-order valence-electron chi connectivity index (χ4n) is 1.82. The van der Waals surface area contributed by atoms with E-state index in [4.69, 9.17) is 5.73 Å². The molecule has 100 valence electrons. The first-order valence-electron chi connectivity index (χ1n) is 6.19. The molecule has 2 rings (SSSR count). The van der Waals surface area contributed by atoms with Gasteiger partial charge in [0.05, 0.1) is 0 Å². The summed E-state index contributed by atoms with van der Waals surface area (Å²) >= 11 is 1.54. The standard InChI is InChI=1S/C15H17FN2S/c1-10-7-12(8-11(2)17)9-18-15(10)19-14-5-3-13(16)4-6-14/h3-7,9,11H,8,17H2,1-2H3. The molecule has 0 aliphatic rings. The molecule has 0 spiro atoms. The summed E-state index contributed by atoms with van der Waals surface area (Å²) in [4.78, 5) is 5.45. The summed E-state index contributed by atoms with van der Waals surface area (Å²) in [5, 5.41) is 0.944. The summed E-state index contributed by atoms with van der Waals surface area (Å²) in [6.07, 6.45) is 2.69. The zero-order chi connectivity index (χ0) is 13.8.